The highest BCUT2D eigenvalue weighted by Gasteiger charge is 2.13. The zero-order chi connectivity index (χ0) is 12.0. The third-order valence-corrected chi connectivity index (χ3v) is 2.81. The largest absolute Gasteiger partial charge is 0.280 e. The van der Waals surface area contributed by atoms with Crippen molar-refractivity contribution < 1.29 is 0 Å². The summed E-state index contributed by atoms with van der Waals surface area (Å²) in [5.74, 6) is 0. The minimum absolute atomic E-state index is 0. The lowest BCUT2D eigenvalue weighted by molar-refractivity contribution is 1.23. The van der Waals surface area contributed by atoms with Crippen LogP contribution < -0.4 is 11.1 Å². The fraction of sp³-hybridized carbons (Fsp3) is 0. The normalized spacial score (nSPS) is 9.95. The maximum atomic E-state index is 11.5. The van der Waals surface area contributed by atoms with Crippen LogP contribution in [-0.4, -0.2) is 9.97 Å². The van der Waals surface area contributed by atoms with Gasteiger partial charge >= 0.3 is 0 Å². The van der Waals surface area contributed by atoms with Gasteiger partial charge in [0, 0.05) is 16.8 Å². The monoisotopic (exact) mass is 404 g/mol. The molecule has 0 saturated carbocycles. The molecule has 0 spiro atoms. The third kappa shape index (κ3) is 2.61. The zero-order valence-electron chi connectivity index (χ0n) is 9.29. The van der Waals surface area contributed by atoms with E-state index in [-0.39, 0.29) is 44.4 Å². The summed E-state index contributed by atoms with van der Waals surface area (Å²) in [5, 5.41) is 1.07. The second-order valence-electron chi connectivity index (χ2n) is 3.63. The van der Waals surface area contributed by atoms with Gasteiger partial charge in [-0.2, -0.15) is 0 Å². The van der Waals surface area contributed by atoms with Crippen molar-refractivity contribution >= 4 is 45.6 Å². The molecule has 0 aromatic heterocycles. The summed E-state index contributed by atoms with van der Waals surface area (Å²) >= 11 is 5.87. The van der Waals surface area contributed by atoms with E-state index in [4.69, 9.17) is 11.6 Å². The Morgan fingerprint density at radius 2 is 1.79 bits per heavy atom. The number of benzene rings is 1. The van der Waals surface area contributed by atoms with Crippen LogP contribution in [0.3, 0.4) is 0 Å². The van der Waals surface area contributed by atoms with Crippen LogP contribution in [0.15, 0.2) is 40.1 Å². The number of hydrogen-bond acceptors (Lipinski definition) is 4. The molecule has 0 unspecified atom stereocenters. The first kappa shape index (κ1) is 15.9. The van der Waals surface area contributed by atoms with Crippen LogP contribution in [0.4, 0.5) is 0 Å². The lowest BCUT2D eigenvalue weighted by Gasteiger charge is -1.96. The molecule has 98 valence electrons. The first-order chi connectivity index (χ1) is 8.16. The first-order valence-corrected chi connectivity index (χ1v) is 5.26. The van der Waals surface area contributed by atoms with E-state index >= 15 is 0 Å². The molecule has 4 nitrogen and oxygen atoms in total. The first-order valence-electron chi connectivity index (χ1n) is 4.89. The summed E-state index contributed by atoms with van der Waals surface area (Å²) in [6.07, 6.45) is 1.26. The molecule has 7 heteroatoms. The molecule has 2 aliphatic heterocycles. The molecule has 0 amide bonds. The van der Waals surface area contributed by atoms with Crippen LogP contribution >= 0.6 is 45.6 Å². The predicted molar refractivity (Wildman–Crippen MR) is 83.3 cm³/mol. The van der Waals surface area contributed by atoms with E-state index in [1.807, 2.05) is 0 Å². The summed E-state index contributed by atoms with van der Waals surface area (Å²) in [6.45, 7) is 0. The summed E-state index contributed by atoms with van der Waals surface area (Å²) in [7, 11) is 0. The van der Waals surface area contributed by atoms with E-state index in [1.54, 1.807) is 24.3 Å². The summed E-state index contributed by atoms with van der Waals surface area (Å²) in [6, 6.07) is 6.86. The molecule has 0 bridgehead atoms. The minimum Gasteiger partial charge on any atom is -0.267 e. The van der Waals surface area contributed by atoms with Gasteiger partial charge in [0.25, 0.3) is 11.1 Å². The van der Waals surface area contributed by atoms with E-state index in [0.29, 0.717) is 16.3 Å². The van der Waals surface area contributed by atoms with Crippen LogP contribution in [0.25, 0.3) is 11.3 Å². The maximum absolute atomic E-state index is 11.5. The van der Waals surface area contributed by atoms with Gasteiger partial charge in [0.15, 0.2) is 0 Å². The van der Waals surface area contributed by atoms with E-state index in [9.17, 15) is 9.59 Å². The molecule has 0 radical (unpaired) electrons. The van der Waals surface area contributed by atoms with Crippen LogP contribution in [0.1, 0.15) is 0 Å². The van der Waals surface area contributed by atoms with Crippen molar-refractivity contribution in [2.45, 2.75) is 0 Å². The van der Waals surface area contributed by atoms with Gasteiger partial charge in [-0.05, 0) is 12.1 Å². The second kappa shape index (κ2) is 5.90. The molecule has 0 aliphatic carbocycles. The van der Waals surface area contributed by atoms with E-state index < -0.39 is 11.1 Å². The van der Waals surface area contributed by atoms with Crippen LogP contribution in [0.2, 0.25) is 5.02 Å². The topological polar surface area (TPSA) is 59.9 Å². The minimum atomic E-state index is -0.426. The molecule has 0 N–H and O–H groups in total. The van der Waals surface area contributed by atoms with Crippen molar-refractivity contribution in [2.75, 3.05) is 0 Å². The number of rotatable bonds is 1. The van der Waals surface area contributed by atoms with Crippen LogP contribution in [0, 0.1) is 10.4 Å². The maximum Gasteiger partial charge on any atom is 0.280 e. The lowest BCUT2D eigenvalue weighted by Crippen LogP contribution is -2.01. The van der Waals surface area contributed by atoms with Gasteiger partial charge in [-0.1, -0.05) is 23.7 Å². The fourth-order valence-corrected chi connectivity index (χ4v) is 2.01. The third-order valence-electron chi connectivity index (χ3n) is 2.57. The highest BCUT2D eigenvalue weighted by Crippen LogP contribution is 2.20. The Balaban J connectivity index is 0.000000902. The smallest absolute Gasteiger partial charge is 0.267 e. The van der Waals surface area contributed by atoms with Crippen molar-refractivity contribution in [3.63, 3.8) is 0 Å². The number of aromatic nitrogens is 2. The number of halogens is 3. The molecule has 0 fully saturated rings. The standard InChI is InChI=1S/C12H5ClN2O2.2BrH/c13-7-3-1-2-6(4-7)10-9-8(11(16)15-10)5-14-12(9)17;;/h1-5H;2*1H. The molecule has 2 aliphatic rings. The van der Waals surface area contributed by atoms with Gasteiger partial charge in [0.1, 0.15) is 0 Å². The number of hydrogen-bond donors (Lipinski definition) is 0. The van der Waals surface area contributed by atoms with Crippen molar-refractivity contribution in [3.05, 3.63) is 66.6 Å². The second-order valence-corrected chi connectivity index (χ2v) is 4.06. The molecular formula is C12H7Br2ClN2O2. The Kier molecular flexibility index (Phi) is 4.95. The zero-order valence-corrected chi connectivity index (χ0v) is 13.5. The fourth-order valence-electron chi connectivity index (χ4n) is 1.82. The van der Waals surface area contributed by atoms with Gasteiger partial charge in [0.2, 0.25) is 0 Å². The molecule has 0 saturated heterocycles. The van der Waals surface area contributed by atoms with Crippen LogP contribution in [-0.2, 0) is 0 Å². The van der Waals surface area contributed by atoms with Gasteiger partial charge in [-0.3, -0.25) is 9.59 Å². The Morgan fingerprint density at radius 1 is 1.05 bits per heavy atom. The Morgan fingerprint density at radius 3 is 2.47 bits per heavy atom. The van der Waals surface area contributed by atoms with E-state index in [0.717, 1.165) is 0 Å². The van der Waals surface area contributed by atoms with Gasteiger partial charge < -0.3 is 0 Å². The predicted octanol–water partition coefficient (Wildman–Crippen LogP) is 2.27. The van der Waals surface area contributed by atoms with Gasteiger partial charge in [0.05, 0.1) is 16.1 Å². The molecule has 2 heterocycles. The Bertz CT molecular complexity index is 857. The van der Waals surface area contributed by atoms with Gasteiger partial charge in [-0.25, -0.2) is 9.97 Å². The summed E-state index contributed by atoms with van der Waals surface area (Å²) < 4.78 is 0. The van der Waals surface area contributed by atoms with Crippen molar-refractivity contribution in [1.29, 1.82) is 0 Å². The van der Waals surface area contributed by atoms with Crippen molar-refractivity contribution in [1.82, 2.24) is 9.97 Å². The average molecular weight is 406 g/mol. The molecule has 0 atom stereocenters. The molecule has 3 rings (SSSR count). The Hall–Kier alpha value is -1.11. The molecule has 1 aromatic rings. The molecule has 19 heavy (non-hydrogen) atoms. The molecular weight excluding hydrogens is 399 g/mol. The SMILES string of the molecule is Br.Br.O=c1nc(-c2cccc(Cl)c2)c2c(=O)ncc1=2. The van der Waals surface area contributed by atoms with Crippen molar-refractivity contribution in [3.8, 4) is 11.3 Å². The number of nitrogens with zero attached hydrogens (tertiary/aromatic N) is 2. The average Bonchev–Trinajstić information content (AvgIpc) is 2.82. The highest BCUT2D eigenvalue weighted by molar-refractivity contribution is 8.93. The summed E-state index contributed by atoms with van der Waals surface area (Å²) in [5.41, 5.74) is 0.152. The van der Waals surface area contributed by atoms with E-state index in [1.165, 1.54) is 6.20 Å². The van der Waals surface area contributed by atoms with Gasteiger partial charge in [-0.15, -0.1) is 34.0 Å². The Labute approximate surface area is 133 Å². The highest BCUT2D eigenvalue weighted by atomic mass is 79.9. The summed E-state index contributed by atoms with van der Waals surface area (Å²) in [4.78, 5) is 30.6. The van der Waals surface area contributed by atoms with E-state index in [2.05, 4.69) is 9.97 Å². The molecule has 1 aromatic carbocycles. The van der Waals surface area contributed by atoms with Crippen LogP contribution in [0.5, 0.6) is 0 Å². The lowest BCUT2D eigenvalue weighted by atomic mass is 10.1. The van der Waals surface area contributed by atoms with Crippen molar-refractivity contribution in [2.24, 2.45) is 0 Å². The quantitative estimate of drug-likeness (QED) is 0.622.